The maximum Gasteiger partial charge on any atom is 0.222 e. The molecule has 0 spiro atoms. The Kier molecular flexibility index (Phi) is 3.82. The number of amides is 1. The van der Waals surface area contributed by atoms with Crippen LogP contribution in [0.1, 0.15) is 25.7 Å². The van der Waals surface area contributed by atoms with Gasteiger partial charge in [0.1, 0.15) is 0 Å². The molecule has 2 fully saturated rings. The van der Waals surface area contributed by atoms with Gasteiger partial charge in [-0.1, -0.05) is 0 Å². The van der Waals surface area contributed by atoms with Crippen LogP contribution in [-0.2, 0) is 9.53 Å². The first-order valence-electron chi connectivity index (χ1n) is 6.23. The average Bonchev–Trinajstić information content (AvgIpc) is 2.60. The first-order chi connectivity index (χ1) is 7.74. The molecule has 0 aromatic heterocycles. The summed E-state index contributed by atoms with van der Waals surface area (Å²) in [6.07, 6.45) is 4.10. The second-order valence-electron chi connectivity index (χ2n) is 5.15. The maximum atomic E-state index is 11.5. The lowest BCUT2D eigenvalue weighted by Crippen LogP contribution is -2.50. The summed E-state index contributed by atoms with van der Waals surface area (Å²) in [5, 5.41) is 3.11. The van der Waals surface area contributed by atoms with Crippen LogP contribution in [0.5, 0.6) is 0 Å². The molecule has 0 bridgehead atoms. The minimum Gasteiger partial charge on any atom is -0.384 e. The number of hydrogen-bond donors (Lipinski definition) is 2. The van der Waals surface area contributed by atoms with Crippen molar-refractivity contribution in [3.05, 3.63) is 0 Å². The minimum atomic E-state index is 0.126. The number of methoxy groups -OCH3 is 1. The van der Waals surface area contributed by atoms with Gasteiger partial charge in [-0.3, -0.25) is 4.79 Å². The molecule has 16 heavy (non-hydrogen) atoms. The van der Waals surface area contributed by atoms with Crippen LogP contribution < -0.4 is 11.1 Å². The molecule has 3 N–H and O–H groups in total. The van der Waals surface area contributed by atoms with Crippen molar-refractivity contribution in [2.45, 2.75) is 31.7 Å². The van der Waals surface area contributed by atoms with Crippen LogP contribution in [0.3, 0.4) is 0 Å². The van der Waals surface area contributed by atoms with E-state index in [1.165, 1.54) is 12.8 Å². The van der Waals surface area contributed by atoms with Crippen molar-refractivity contribution in [1.29, 1.82) is 0 Å². The molecule has 0 heterocycles. The van der Waals surface area contributed by atoms with Crippen LogP contribution in [0.25, 0.3) is 0 Å². The Bertz CT molecular complexity index is 257. The Labute approximate surface area is 96.9 Å². The van der Waals surface area contributed by atoms with Gasteiger partial charge in [-0.15, -0.1) is 0 Å². The van der Waals surface area contributed by atoms with E-state index in [0.717, 1.165) is 18.9 Å². The average molecular weight is 226 g/mol. The molecule has 2 aliphatic rings. The molecule has 0 radical (unpaired) electrons. The zero-order valence-corrected chi connectivity index (χ0v) is 9.95. The number of ether oxygens (including phenoxy) is 1. The Morgan fingerprint density at radius 2 is 2.25 bits per heavy atom. The van der Waals surface area contributed by atoms with Gasteiger partial charge < -0.3 is 15.8 Å². The van der Waals surface area contributed by atoms with Gasteiger partial charge in [-0.2, -0.15) is 0 Å². The molecule has 2 rings (SSSR count). The molecule has 2 saturated carbocycles. The number of nitrogens with one attached hydrogen (secondary N) is 1. The third kappa shape index (κ3) is 2.38. The molecule has 0 aromatic carbocycles. The predicted molar refractivity (Wildman–Crippen MR) is 61.8 cm³/mol. The number of fused-ring (bicyclic) bond motifs is 1. The molecule has 4 unspecified atom stereocenters. The minimum absolute atomic E-state index is 0.126. The fraction of sp³-hybridized carbons (Fsp3) is 0.917. The summed E-state index contributed by atoms with van der Waals surface area (Å²) >= 11 is 0. The Morgan fingerprint density at radius 1 is 1.44 bits per heavy atom. The number of nitrogens with two attached hydrogens (primary N) is 1. The Hall–Kier alpha value is -0.610. The van der Waals surface area contributed by atoms with Crippen molar-refractivity contribution in [2.75, 3.05) is 20.3 Å². The van der Waals surface area contributed by atoms with E-state index >= 15 is 0 Å². The van der Waals surface area contributed by atoms with Crippen LogP contribution in [0, 0.1) is 17.8 Å². The van der Waals surface area contributed by atoms with E-state index in [2.05, 4.69) is 5.32 Å². The van der Waals surface area contributed by atoms with Gasteiger partial charge >= 0.3 is 0 Å². The summed E-state index contributed by atoms with van der Waals surface area (Å²) in [5.41, 5.74) is 5.69. The van der Waals surface area contributed by atoms with Gasteiger partial charge in [0.25, 0.3) is 0 Å². The zero-order valence-electron chi connectivity index (χ0n) is 9.95. The van der Waals surface area contributed by atoms with Crippen molar-refractivity contribution >= 4 is 5.91 Å². The van der Waals surface area contributed by atoms with Crippen molar-refractivity contribution in [3.63, 3.8) is 0 Å². The lowest BCUT2D eigenvalue weighted by Gasteiger charge is -2.40. The molecule has 4 nitrogen and oxygen atoms in total. The summed E-state index contributed by atoms with van der Waals surface area (Å²) < 4.78 is 4.89. The first kappa shape index (κ1) is 11.9. The molecule has 4 heteroatoms. The molecule has 1 amide bonds. The summed E-state index contributed by atoms with van der Waals surface area (Å²) in [6, 6.07) is 0.408. The highest BCUT2D eigenvalue weighted by Crippen LogP contribution is 2.49. The van der Waals surface area contributed by atoms with Crippen molar-refractivity contribution in [1.82, 2.24) is 5.32 Å². The fourth-order valence-electron chi connectivity index (χ4n) is 3.18. The summed E-state index contributed by atoms with van der Waals surface area (Å²) in [7, 11) is 1.62. The third-order valence-corrected chi connectivity index (χ3v) is 4.13. The molecule has 92 valence electrons. The summed E-state index contributed by atoms with van der Waals surface area (Å²) in [6.45, 7) is 1.31. The van der Waals surface area contributed by atoms with E-state index in [-0.39, 0.29) is 5.91 Å². The Balaban J connectivity index is 1.71. The quantitative estimate of drug-likeness (QED) is 0.718. The second-order valence-corrected chi connectivity index (χ2v) is 5.15. The topological polar surface area (TPSA) is 64.3 Å². The van der Waals surface area contributed by atoms with Gasteiger partial charge in [0.15, 0.2) is 0 Å². The van der Waals surface area contributed by atoms with E-state index in [9.17, 15) is 4.79 Å². The zero-order chi connectivity index (χ0) is 11.5. The Morgan fingerprint density at radius 3 is 2.94 bits per heavy atom. The largest absolute Gasteiger partial charge is 0.384 e. The van der Waals surface area contributed by atoms with Gasteiger partial charge in [-0.25, -0.2) is 0 Å². The molecule has 0 saturated heterocycles. The molecular formula is C12H22N2O2. The van der Waals surface area contributed by atoms with Crippen LogP contribution in [0.2, 0.25) is 0 Å². The number of hydrogen-bond acceptors (Lipinski definition) is 3. The number of carbonyl (C=O) groups is 1. The number of carbonyl (C=O) groups excluding carboxylic acids is 1. The van der Waals surface area contributed by atoms with E-state index in [0.29, 0.717) is 30.9 Å². The number of rotatable bonds is 5. The molecule has 0 aliphatic heterocycles. The molecule has 0 aromatic rings. The highest BCUT2D eigenvalue weighted by Gasteiger charge is 2.47. The van der Waals surface area contributed by atoms with E-state index < -0.39 is 0 Å². The highest BCUT2D eigenvalue weighted by atomic mass is 16.5. The van der Waals surface area contributed by atoms with Crippen molar-refractivity contribution in [3.8, 4) is 0 Å². The first-order valence-corrected chi connectivity index (χ1v) is 6.23. The predicted octanol–water partition coefficient (Wildman–Crippen LogP) is 0.513. The van der Waals surface area contributed by atoms with Crippen LogP contribution in [-0.4, -0.2) is 32.2 Å². The monoisotopic (exact) mass is 226 g/mol. The van der Waals surface area contributed by atoms with E-state index in [1.54, 1.807) is 7.11 Å². The van der Waals surface area contributed by atoms with Crippen LogP contribution >= 0.6 is 0 Å². The van der Waals surface area contributed by atoms with Gasteiger partial charge in [-0.05, 0) is 43.6 Å². The second kappa shape index (κ2) is 5.15. The molecular weight excluding hydrogens is 204 g/mol. The smallest absolute Gasteiger partial charge is 0.222 e. The maximum absolute atomic E-state index is 11.5. The lowest BCUT2D eigenvalue weighted by molar-refractivity contribution is -0.124. The lowest BCUT2D eigenvalue weighted by atomic mass is 9.71. The third-order valence-electron chi connectivity index (χ3n) is 4.13. The standard InChI is InChI=1S/C12H22N2O2/c1-16-3-2-12(15)14-11-6-9-4-8(7-13)5-10(9)11/h8-11H,2-7,13H2,1H3,(H,14,15). The van der Waals surface area contributed by atoms with Crippen molar-refractivity contribution in [2.24, 2.45) is 23.5 Å². The van der Waals surface area contributed by atoms with Gasteiger partial charge in [0.2, 0.25) is 5.91 Å². The summed E-state index contributed by atoms with van der Waals surface area (Å²) in [4.78, 5) is 11.5. The van der Waals surface area contributed by atoms with E-state index in [4.69, 9.17) is 10.5 Å². The van der Waals surface area contributed by atoms with Gasteiger partial charge in [0.05, 0.1) is 6.61 Å². The molecule has 2 aliphatic carbocycles. The van der Waals surface area contributed by atoms with Crippen molar-refractivity contribution < 1.29 is 9.53 Å². The normalized spacial score (nSPS) is 36.6. The summed E-state index contributed by atoms with van der Waals surface area (Å²) in [5.74, 6) is 2.33. The van der Waals surface area contributed by atoms with Crippen LogP contribution in [0.4, 0.5) is 0 Å². The SMILES string of the molecule is COCCC(=O)NC1CC2CC(CN)CC21. The molecule has 4 atom stereocenters. The highest BCUT2D eigenvalue weighted by molar-refractivity contribution is 5.76. The fourth-order valence-corrected chi connectivity index (χ4v) is 3.18. The van der Waals surface area contributed by atoms with Crippen LogP contribution in [0.15, 0.2) is 0 Å². The van der Waals surface area contributed by atoms with E-state index in [1.807, 2.05) is 0 Å². The van der Waals surface area contributed by atoms with Gasteiger partial charge in [0, 0.05) is 19.6 Å².